The minimum Gasteiger partial charge on any atom is -0.466 e. The maximum Gasteiger partial charge on any atom is 0.305 e. The Kier molecular flexibility index (Phi) is 6.90. The molecule has 17 heavy (non-hydrogen) atoms. The van der Waals surface area contributed by atoms with Gasteiger partial charge in [0.2, 0.25) is 0 Å². The molecule has 0 spiro atoms. The Balaban J connectivity index is 2.12. The van der Waals surface area contributed by atoms with Crippen LogP contribution in [0.15, 0.2) is 0 Å². The maximum absolute atomic E-state index is 11.8. The summed E-state index contributed by atoms with van der Waals surface area (Å²) in [5.41, 5.74) is 0. The molecule has 98 valence electrons. The van der Waals surface area contributed by atoms with E-state index in [9.17, 15) is 9.59 Å². The molecule has 0 N–H and O–H groups in total. The van der Waals surface area contributed by atoms with E-state index in [1.807, 2.05) is 6.92 Å². The predicted octanol–water partition coefficient (Wildman–Crippen LogP) is 3.26. The summed E-state index contributed by atoms with van der Waals surface area (Å²) in [6.45, 7) is 2.28. The first kappa shape index (κ1) is 14.2. The summed E-state index contributed by atoms with van der Waals surface area (Å²) in [7, 11) is 0. The highest BCUT2D eigenvalue weighted by Gasteiger charge is 2.19. The number of hydrogen-bond acceptors (Lipinski definition) is 3. The molecule has 0 saturated heterocycles. The van der Waals surface area contributed by atoms with Gasteiger partial charge in [-0.2, -0.15) is 0 Å². The van der Waals surface area contributed by atoms with E-state index in [2.05, 4.69) is 0 Å². The lowest BCUT2D eigenvalue weighted by Crippen LogP contribution is -2.12. The maximum atomic E-state index is 11.8. The van der Waals surface area contributed by atoms with E-state index in [4.69, 9.17) is 4.74 Å². The van der Waals surface area contributed by atoms with Gasteiger partial charge in [0.15, 0.2) is 0 Å². The molecule has 0 aliphatic heterocycles. The normalized spacial score (nSPS) is 21.0. The van der Waals surface area contributed by atoms with Crippen LogP contribution in [0, 0.1) is 5.92 Å². The van der Waals surface area contributed by atoms with Crippen LogP contribution in [0.1, 0.15) is 64.7 Å². The summed E-state index contributed by atoms with van der Waals surface area (Å²) < 4.78 is 4.87. The molecule has 1 fully saturated rings. The zero-order chi connectivity index (χ0) is 12.5. The Labute approximate surface area is 104 Å². The van der Waals surface area contributed by atoms with Gasteiger partial charge in [-0.3, -0.25) is 9.59 Å². The van der Waals surface area contributed by atoms with Crippen molar-refractivity contribution in [1.29, 1.82) is 0 Å². The van der Waals surface area contributed by atoms with Gasteiger partial charge >= 0.3 is 5.97 Å². The quantitative estimate of drug-likeness (QED) is 0.406. The molecule has 0 aromatic heterocycles. The molecule has 1 atom stereocenters. The van der Waals surface area contributed by atoms with Gasteiger partial charge in [-0.25, -0.2) is 0 Å². The molecule has 0 radical (unpaired) electrons. The first-order valence-corrected chi connectivity index (χ1v) is 6.92. The fraction of sp³-hybridized carbons (Fsp3) is 0.857. The van der Waals surface area contributed by atoms with Crippen molar-refractivity contribution in [2.75, 3.05) is 6.61 Å². The Morgan fingerprint density at radius 3 is 2.88 bits per heavy atom. The van der Waals surface area contributed by atoms with Crippen molar-refractivity contribution in [3.05, 3.63) is 0 Å². The van der Waals surface area contributed by atoms with Crippen molar-refractivity contribution in [2.45, 2.75) is 64.7 Å². The Morgan fingerprint density at radius 1 is 1.29 bits per heavy atom. The van der Waals surface area contributed by atoms with Crippen molar-refractivity contribution < 1.29 is 14.3 Å². The van der Waals surface area contributed by atoms with E-state index in [0.29, 0.717) is 18.8 Å². The molecule has 1 aliphatic carbocycles. The van der Waals surface area contributed by atoms with Crippen LogP contribution in [0.4, 0.5) is 0 Å². The van der Waals surface area contributed by atoms with Gasteiger partial charge in [0, 0.05) is 18.8 Å². The summed E-state index contributed by atoms with van der Waals surface area (Å²) >= 11 is 0. The van der Waals surface area contributed by atoms with Crippen molar-refractivity contribution in [2.24, 2.45) is 5.92 Å². The topological polar surface area (TPSA) is 43.4 Å². The van der Waals surface area contributed by atoms with Gasteiger partial charge in [0.25, 0.3) is 0 Å². The second-order valence-corrected chi connectivity index (χ2v) is 4.81. The lowest BCUT2D eigenvalue weighted by Gasteiger charge is -2.12. The molecule has 1 saturated carbocycles. The minimum absolute atomic E-state index is 0.111. The molecule has 1 rings (SSSR count). The van der Waals surface area contributed by atoms with Crippen molar-refractivity contribution in [1.82, 2.24) is 0 Å². The van der Waals surface area contributed by atoms with Crippen molar-refractivity contribution >= 4 is 11.8 Å². The molecular weight excluding hydrogens is 216 g/mol. The number of Topliss-reactive ketones (excluding diaryl/α,β-unsaturated/α-hetero) is 1. The van der Waals surface area contributed by atoms with Gasteiger partial charge in [0.05, 0.1) is 6.61 Å². The Hall–Kier alpha value is -0.860. The van der Waals surface area contributed by atoms with E-state index in [1.165, 1.54) is 12.8 Å². The number of unbranched alkanes of at least 4 members (excludes halogenated alkanes) is 1. The largest absolute Gasteiger partial charge is 0.466 e. The van der Waals surface area contributed by atoms with E-state index >= 15 is 0 Å². The molecule has 3 nitrogen and oxygen atoms in total. The highest BCUT2D eigenvalue weighted by atomic mass is 16.5. The fourth-order valence-electron chi connectivity index (χ4n) is 2.43. The number of carbonyl (C=O) groups excluding carboxylic acids is 2. The van der Waals surface area contributed by atoms with Gasteiger partial charge in [-0.05, 0) is 32.6 Å². The first-order valence-electron chi connectivity index (χ1n) is 6.92. The van der Waals surface area contributed by atoms with Crippen LogP contribution in [0.5, 0.6) is 0 Å². The standard InChI is InChI=1S/C14H24O3/c1-2-17-14(16)11-7-6-9-12-8-4-3-5-10-13(12)15/h12H,2-11H2,1H3/t12-/m0/s1. The summed E-state index contributed by atoms with van der Waals surface area (Å²) in [4.78, 5) is 22.9. The molecule has 0 heterocycles. The zero-order valence-electron chi connectivity index (χ0n) is 10.9. The van der Waals surface area contributed by atoms with Gasteiger partial charge < -0.3 is 4.74 Å². The zero-order valence-corrected chi connectivity index (χ0v) is 10.9. The first-order chi connectivity index (χ1) is 8.24. The molecule has 0 amide bonds. The van der Waals surface area contributed by atoms with E-state index in [0.717, 1.165) is 38.5 Å². The Bertz CT molecular complexity index is 248. The third-order valence-electron chi connectivity index (χ3n) is 3.42. The number of rotatable bonds is 6. The third kappa shape index (κ3) is 5.85. The van der Waals surface area contributed by atoms with Crippen molar-refractivity contribution in [3.63, 3.8) is 0 Å². The average Bonchev–Trinajstić information content (AvgIpc) is 2.50. The second-order valence-electron chi connectivity index (χ2n) is 4.81. The van der Waals surface area contributed by atoms with Crippen LogP contribution in [0.3, 0.4) is 0 Å². The second kappa shape index (κ2) is 8.26. The molecular formula is C14H24O3. The van der Waals surface area contributed by atoms with E-state index in [1.54, 1.807) is 0 Å². The highest BCUT2D eigenvalue weighted by molar-refractivity contribution is 5.81. The minimum atomic E-state index is -0.111. The number of esters is 1. The lowest BCUT2D eigenvalue weighted by atomic mass is 9.93. The van der Waals surface area contributed by atoms with E-state index in [-0.39, 0.29) is 11.9 Å². The average molecular weight is 240 g/mol. The summed E-state index contributed by atoms with van der Waals surface area (Å²) in [5.74, 6) is 0.595. The van der Waals surface area contributed by atoms with Crippen LogP contribution in [0.2, 0.25) is 0 Å². The number of ketones is 1. The summed E-state index contributed by atoms with van der Waals surface area (Å²) in [6, 6.07) is 0. The van der Waals surface area contributed by atoms with Crippen LogP contribution >= 0.6 is 0 Å². The molecule has 0 unspecified atom stereocenters. The van der Waals surface area contributed by atoms with Crippen LogP contribution in [-0.4, -0.2) is 18.4 Å². The van der Waals surface area contributed by atoms with Crippen LogP contribution < -0.4 is 0 Å². The monoisotopic (exact) mass is 240 g/mol. The predicted molar refractivity (Wildman–Crippen MR) is 66.7 cm³/mol. The van der Waals surface area contributed by atoms with Crippen molar-refractivity contribution in [3.8, 4) is 0 Å². The van der Waals surface area contributed by atoms with Crippen LogP contribution in [-0.2, 0) is 14.3 Å². The molecule has 3 heteroatoms. The number of carbonyl (C=O) groups is 2. The van der Waals surface area contributed by atoms with Gasteiger partial charge in [-0.15, -0.1) is 0 Å². The molecule has 0 bridgehead atoms. The summed E-state index contributed by atoms with van der Waals surface area (Å²) in [5, 5.41) is 0. The third-order valence-corrected chi connectivity index (χ3v) is 3.42. The number of hydrogen-bond donors (Lipinski definition) is 0. The van der Waals surface area contributed by atoms with E-state index < -0.39 is 0 Å². The van der Waals surface area contributed by atoms with Crippen LogP contribution in [0.25, 0.3) is 0 Å². The highest BCUT2D eigenvalue weighted by Crippen LogP contribution is 2.24. The fourth-order valence-corrected chi connectivity index (χ4v) is 2.43. The lowest BCUT2D eigenvalue weighted by molar-refractivity contribution is -0.143. The number of ether oxygens (including phenoxy) is 1. The Morgan fingerprint density at radius 2 is 2.12 bits per heavy atom. The smallest absolute Gasteiger partial charge is 0.305 e. The molecule has 0 aromatic rings. The summed E-state index contributed by atoms with van der Waals surface area (Å²) in [6.07, 6.45) is 8.54. The molecule has 0 aromatic carbocycles. The molecule has 1 aliphatic rings. The van der Waals surface area contributed by atoms with Gasteiger partial charge in [-0.1, -0.05) is 19.3 Å². The van der Waals surface area contributed by atoms with Gasteiger partial charge in [0.1, 0.15) is 5.78 Å². The SMILES string of the molecule is CCOC(=O)CCCC[C@@H]1CCCCCC1=O.